The highest BCUT2D eigenvalue weighted by molar-refractivity contribution is 5.93. The highest BCUT2D eigenvalue weighted by Gasteiger charge is 2.38. The number of hydrogen-bond donors (Lipinski definition) is 2. The van der Waals surface area contributed by atoms with Crippen molar-refractivity contribution in [3.05, 3.63) is 34.9 Å². The molecule has 0 aliphatic carbocycles. The first-order chi connectivity index (χ1) is 16.4. The van der Waals surface area contributed by atoms with E-state index in [0.717, 1.165) is 35.3 Å². The highest BCUT2D eigenvalue weighted by Crippen LogP contribution is 2.27. The maximum Gasteiger partial charge on any atom is 0.408 e. The normalized spacial score (nSPS) is 13.7. The molecule has 7 heteroatoms. The molecule has 2 N–H and O–H groups in total. The van der Waals surface area contributed by atoms with Crippen LogP contribution < -0.4 is 10.6 Å². The zero-order valence-electron chi connectivity index (χ0n) is 22.7. The molecule has 194 valence electrons. The minimum Gasteiger partial charge on any atom is -0.444 e. The number of aryl methyl sites for hydroxylation is 2. The zero-order chi connectivity index (χ0) is 26.8. The Balaban J connectivity index is 3.41. The van der Waals surface area contributed by atoms with Gasteiger partial charge in [0.25, 0.3) is 5.91 Å². The molecule has 0 heterocycles. The molecule has 3 amide bonds. The number of carbonyl (C=O) groups is 3. The minimum absolute atomic E-state index is 0.238. The van der Waals surface area contributed by atoms with E-state index in [1.54, 1.807) is 20.8 Å². The van der Waals surface area contributed by atoms with E-state index in [0.29, 0.717) is 18.5 Å². The fourth-order valence-corrected chi connectivity index (χ4v) is 3.67. The number of carbonyl (C=O) groups excluding carboxylic acids is 3. The molecule has 0 aliphatic heterocycles. The molecule has 0 aliphatic rings. The summed E-state index contributed by atoms with van der Waals surface area (Å²) in [6, 6.07) is 6.20. The van der Waals surface area contributed by atoms with Crippen LogP contribution in [0.5, 0.6) is 0 Å². The standard InChI is InChI=1S/C28H43N3O4/c1-10-13-14-17-29-25(32)24(22-18-19(4)15-16-21(22)6)31(12-3)26(33)23(20(5)11-2)30-27(34)35-28(7,8)9/h3,15-16,18,20,23-24H,10-11,13-14,17H2,1-2,4-9H3,(H,29,32)(H,30,34). The number of amides is 3. The lowest BCUT2D eigenvalue weighted by Gasteiger charge is -2.33. The van der Waals surface area contributed by atoms with Gasteiger partial charge in [0.15, 0.2) is 0 Å². The Bertz CT molecular complexity index is 914. The fraction of sp³-hybridized carbons (Fsp3) is 0.607. The summed E-state index contributed by atoms with van der Waals surface area (Å²) in [4.78, 5) is 40.9. The molecule has 35 heavy (non-hydrogen) atoms. The van der Waals surface area contributed by atoms with Gasteiger partial charge in [0.2, 0.25) is 5.91 Å². The van der Waals surface area contributed by atoms with Gasteiger partial charge in [-0.25, -0.2) is 4.79 Å². The summed E-state index contributed by atoms with van der Waals surface area (Å²) in [5.74, 6) is -1.11. The molecule has 7 nitrogen and oxygen atoms in total. The van der Waals surface area contributed by atoms with Gasteiger partial charge in [-0.2, -0.15) is 0 Å². The molecule has 1 rings (SSSR count). The van der Waals surface area contributed by atoms with E-state index < -0.39 is 29.7 Å². The van der Waals surface area contributed by atoms with Crippen LogP contribution in [0.15, 0.2) is 18.2 Å². The van der Waals surface area contributed by atoms with Gasteiger partial charge in [-0.1, -0.05) is 70.2 Å². The largest absolute Gasteiger partial charge is 0.444 e. The molecule has 3 unspecified atom stereocenters. The topological polar surface area (TPSA) is 87.7 Å². The molecular weight excluding hydrogens is 442 g/mol. The summed E-state index contributed by atoms with van der Waals surface area (Å²) in [6.07, 6.45) is 8.61. The second-order valence-corrected chi connectivity index (χ2v) is 10.1. The van der Waals surface area contributed by atoms with Crippen LogP contribution in [0, 0.1) is 32.2 Å². The molecular formula is C28H43N3O4. The molecule has 0 spiro atoms. The van der Waals surface area contributed by atoms with Gasteiger partial charge in [-0.15, -0.1) is 0 Å². The van der Waals surface area contributed by atoms with E-state index in [-0.39, 0.29) is 11.8 Å². The second-order valence-electron chi connectivity index (χ2n) is 10.1. The minimum atomic E-state index is -1.03. The summed E-state index contributed by atoms with van der Waals surface area (Å²) in [5, 5.41) is 5.64. The maximum absolute atomic E-state index is 13.8. The van der Waals surface area contributed by atoms with Gasteiger partial charge in [0.05, 0.1) is 0 Å². The third-order valence-corrected chi connectivity index (χ3v) is 5.84. The maximum atomic E-state index is 13.8. The number of benzene rings is 1. The Morgan fingerprint density at radius 2 is 1.80 bits per heavy atom. The first kappa shape index (κ1) is 30.0. The van der Waals surface area contributed by atoms with E-state index in [4.69, 9.17) is 11.2 Å². The number of alkyl carbamates (subject to hydrolysis) is 1. The lowest BCUT2D eigenvalue weighted by atomic mass is 9.94. The van der Waals surface area contributed by atoms with Gasteiger partial charge >= 0.3 is 6.09 Å². The number of ether oxygens (including phenoxy) is 1. The number of rotatable bonds is 11. The van der Waals surface area contributed by atoms with E-state index >= 15 is 0 Å². The van der Waals surface area contributed by atoms with Crippen molar-refractivity contribution in [3.8, 4) is 12.5 Å². The van der Waals surface area contributed by atoms with Crippen molar-refractivity contribution < 1.29 is 19.1 Å². The Kier molecular flexibility index (Phi) is 11.8. The van der Waals surface area contributed by atoms with E-state index in [2.05, 4.69) is 23.6 Å². The fourth-order valence-electron chi connectivity index (χ4n) is 3.67. The Labute approximate surface area is 211 Å². The predicted octanol–water partition coefficient (Wildman–Crippen LogP) is 5.01. The Morgan fingerprint density at radius 3 is 2.34 bits per heavy atom. The van der Waals surface area contributed by atoms with E-state index in [9.17, 15) is 14.4 Å². The molecule has 0 saturated carbocycles. The quantitative estimate of drug-likeness (QED) is 0.262. The van der Waals surface area contributed by atoms with Crippen LogP contribution in [0.2, 0.25) is 0 Å². The lowest BCUT2D eigenvalue weighted by molar-refractivity contribution is -0.139. The number of terminal acetylenes is 1. The van der Waals surface area contributed by atoms with Crippen molar-refractivity contribution in [1.82, 2.24) is 15.5 Å². The van der Waals surface area contributed by atoms with Crippen LogP contribution in [0.3, 0.4) is 0 Å². The van der Waals surface area contributed by atoms with Crippen molar-refractivity contribution in [2.45, 2.75) is 98.8 Å². The first-order valence-corrected chi connectivity index (χ1v) is 12.5. The van der Waals surface area contributed by atoms with Crippen molar-refractivity contribution in [1.29, 1.82) is 0 Å². The van der Waals surface area contributed by atoms with Gasteiger partial charge < -0.3 is 15.4 Å². The van der Waals surface area contributed by atoms with Crippen molar-refractivity contribution in [3.63, 3.8) is 0 Å². The van der Waals surface area contributed by atoms with Gasteiger partial charge in [0.1, 0.15) is 17.7 Å². The Hall–Kier alpha value is -3.01. The average Bonchev–Trinajstić information content (AvgIpc) is 2.78. The highest BCUT2D eigenvalue weighted by atomic mass is 16.6. The molecule has 1 aromatic rings. The van der Waals surface area contributed by atoms with Crippen LogP contribution in [0.1, 0.15) is 90.0 Å². The number of nitrogens with one attached hydrogen (secondary N) is 2. The number of unbranched alkanes of at least 4 members (excludes halogenated alkanes) is 2. The van der Waals surface area contributed by atoms with Crippen molar-refractivity contribution in [2.24, 2.45) is 5.92 Å². The predicted molar refractivity (Wildman–Crippen MR) is 139 cm³/mol. The van der Waals surface area contributed by atoms with Crippen LogP contribution in [-0.2, 0) is 14.3 Å². The summed E-state index contributed by atoms with van der Waals surface area (Å²) in [7, 11) is 0. The summed E-state index contributed by atoms with van der Waals surface area (Å²) in [6.45, 7) is 15.4. The molecule has 0 radical (unpaired) electrons. The summed E-state index contributed by atoms with van der Waals surface area (Å²) in [5.41, 5.74) is 1.73. The van der Waals surface area contributed by atoms with Gasteiger partial charge in [0, 0.05) is 12.6 Å². The summed E-state index contributed by atoms with van der Waals surface area (Å²) < 4.78 is 5.38. The van der Waals surface area contributed by atoms with Crippen LogP contribution in [0.25, 0.3) is 0 Å². The van der Waals surface area contributed by atoms with Gasteiger partial charge in [-0.3, -0.25) is 14.5 Å². The third kappa shape index (κ3) is 9.28. The number of nitrogens with zero attached hydrogens (tertiary/aromatic N) is 1. The molecule has 0 bridgehead atoms. The Morgan fingerprint density at radius 1 is 1.14 bits per heavy atom. The molecule has 0 aromatic heterocycles. The van der Waals surface area contributed by atoms with Gasteiger partial charge in [-0.05, 0) is 58.1 Å². The van der Waals surface area contributed by atoms with Crippen LogP contribution in [0.4, 0.5) is 4.79 Å². The molecule has 1 aromatic carbocycles. The SMILES string of the molecule is C#CN(C(=O)C(NC(=O)OC(C)(C)C)C(C)CC)C(C(=O)NCCCCC)c1cc(C)ccc1C. The van der Waals surface area contributed by atoms with Crippen LogP contribution in [-0.4, -0.2) is 41.0 Å². The lowest BCUT2D eigenvalue weighted by Crippen LogP contribution is -2.54. The van der Waals surface area contributed by atoms with Crippen molar-refractivity contribution in [2.75, 3.05) is 6.54 Å². The monoisotopic (exact) mass is 485 g/mol. The van der Waals surface area contributed by atoms with Crippen LogP contribution >= 0.6 is 0 Å². The third-order valence-electron chi connectivity index (χ3n) is 5.84. The molecule has 3 atom stereocenters. The number of hydrogen-bond acceptors (Lipinski definition) is 4. The molecule has 0 fully saturated rings. The van der Waals surface area contributed by atoms with E-state index in [1.807, 2.05) is 45.9 Å². The molecule has 0 saturated heterocycles. The zero-order valence-corrected chi connectivity index (χ0v) is 22.7. The van der Waals surface area contributed by atoms with Crippen molar-refractivity contribution >= 4 is 17.9 Å². The summed E-state index contributed by atoms with van der Waals surface area (Å²) >= 11 is 0. The average molecular weight is 486 g/mol. The first-order valence-electron chi connectivity index (χ1n) is 12.5. The van der Waals surface area contributed by atoms with E-state index in [1.165, 1.54) is 0 Å². The second kappa shape index (κ2) is 13.8. The smallest absolute Gasteiger partial charge is 0.408 e.